The highest BCUT2D eigenvalue weighted by molar-refractivity contribution is 6.39. The van der Waals surface area contributed by atoms with Crippen LogP contribution in [-0.2, 0) is 9.59 Å². The molecular formula is C26H25N3O7. The summed E-state index contributed by atoms with van der Waals surface area (Å²) in [6.45, 7) is 1.64. The molecule has 0 aliphatic heterocycles. The maximum absolute atomic E-state index is 12.6. The number of nitrogens with one attached hydrogen (secondary N) is 2. The van der Waals surface area contributed by atoms with Crippen LogP contribution >= 0.6 is 0 Å². The van der Waals surface area contributed by atoms with Crippen molar-refractivity contribution in [1.82, 2.24) is 5.43 Å². The van der Waals surface area contributed by atoms with Gasteiger partial charge in [0.1, 0.15) is 17.1 Å². The van der Waals surface area contributed by atoms with Crippen LogP contribution in [0.1, 0.15) is 22.8 Å². The Morgan fingerprint density at radius 3 is 2.11 bits per heavy atom. The van der Waals surface area contributed by atoms with Crippen LogP contribution in [0, 0.1) is 0 Å². The lowest BCUT2D eigenvalue weighted by Gasteiger charge is -2.12. The maximum atomic E-state index is 12.6. The molecule has 0 saturated carbocycles. The Morgan fingerprint density at radius 1 is 0.750 bits per heavy atom. The summed E-state index contributed by atoms with van der Waals surface area (Å²) in [6.07, 6.45) is 0. The Labute approximate surface area is 207 Å². The molecule has 0 unspecified atom stereocenters. The monoisotopic (exact) mass is 491 g/mol. The van der Waals surface area contributed by atoms with Crippen molar-refractivity contribution in [2.45, 2.75) is 6.92 Å². The van der Waals surface area contributed by atoms with E-state index in [2.05, 4.69) is 15.8 Å². The number of benzene rings is 3. The highest BCUT2D eigenvalue weighted by Crippen LogP contribution is 2.30. The number of hydrogen-bond donors (Lipinski definition) is 2. The number of amides is 2. The van der Waals surface area contributed by atoms with Crippen LogP contribution in [0.25, 0.3) is 0 Å². The molecular weight excluding hydrogens is 466 g/mol. The number of esters is 1. The number of carbonyl (C=O) groups excluding carboxylic acids is 3. The largest absolute Gasteiger partial charge is 0.497 e. The summed E-state index contributed by atoms with van der Waals surface area (Å²) in [4.78, 5) is 36.9. The van der Waals surface area contributed by atoms with Gasteiger partial charge in [0.15, 0.2) is 11.5 Å². The second-order valence-corrected chi connectivity index (χ2v) is 7.28. The van der Waals surface area contributed by atoms with E-state index in [0.717, 1.165) is 0 Å². The van der Waals surface area contributed by atoms with Gasteiger partial charge >= 0.3 is 17.8 Å². The van der Waals surface area contributed by atoms with Gasteiger partial charge in [0.2, 0.25) is 0 Å². The third-order valence-corrected chi connectivity index (χ3v) is 4.99. The van der Waals surface area contributed by atoms with Crippen LogP contribution in [-0.4, -0.2) is 44.8 Å². The van der Waals surface area contributed by atoms with Gasteiger partial charge in [-0.1, -0.05) is 12.1 Å². The van der Waals surface area contributed by atoms with E-state index in [0.29, 0.717) is 28.5 Å². The predicted octanol–water partition coefficient (Wildman–Crippen LogP) is 3.41. The van der Waals surface area contributed by atoms with Crippen LogP contribution in [0.3, 0.4) is 0 Å². The molecule has 36 heavy (non-hydrogen) atoms. The molecule has 0 aliphatic carbocycles. The lowest BCUT2D eigenvalue weighted by atomic mass is 10.1. The highest BCUT2D eigenvalue weighted by Gasteiger charge is 2.18. The van der Waals surface area contributed by atoms with Gasteiger partial charge in [-0.15, -0.1) is 0 Å². The zero-order valence-corrected chi connectivity index (χ0v) is 20.2. The van der Waals surface area contributed by atoms with Gasteiger partial charge in [-0.2, -0.15) is 5.10 Å². The molecule has 0 bridgehead atoms. The van der Waals surface area contributed by atoms with Gasteiger partial charge in [0.25, 0.3) is 0 Å². The van der Waals surface area contributed by atoms with Crippen LogP contribution in [0.15, 0.2) is 71.8 Å². The second kappa shape index (κ2) is 12.0. The Kier molecular flexibility index (Phi) is 8.60. The number of rotatable bonds is 8. The minimum atomic E-state index is -0.945. The first-order valence-electron chi connectivity index (χ1n) is 10.7. The van der Waals surface area contributed by atoms with Crippen molar-refractivity contribution in [1.29, 1.82) is 0 Å². The first-order chi connectivity index (χ1) is 17.4. The number of para-hydroxylation sites is 1. The highest BCUT2D eigenvalue weighted by atomic mass is 16.6. The fourth-order valence-electron chi connectivity index (χ4n) is 3.06. The van der Waals surface area contributed by atoms with Crippen LogP contribution in [0.5, 0.6) is 23.0 Å². The molecule has 2 N–H and O–H groups in total. The fourth-order valence-corrected chi connectivity index (χ4v) is 3.06. The van der Waals surface area contributed by atoms with Gasteiger partial charge in [-0.05, 0) is 61.5 Å². The Bertz CT molecular complexity index is 1290. The normalized spacial score (nSPS) is 10.7. The summed E-state index contributed by atoms with van der Waals surface area (Å²) < 4.78 is 21.1. The van der Waals surface area contributed by atoms with Gasteiger partial charge in [0.05, 0.1) is 27.0 Å². The smallest absolute Gasteiger partial charge is 0.347 e. The van der Waals surface area contributed by atoms with Gasteiger partial charge < -0.3 is 24.3 Å². The number of ether oxygens (including phenoxy) is 4. The van der Waals surface area contributed by atoms with E-state index in [1.165, 1.54) is 21.3 Å². The lowest BCUT2D eigenvalue weighted by Crippen LogP contribution is -2.32. The van der Waals surface area contributed by atoms with E-state index in [1.54, 1.807) is 73.7 Å². The summed E-state index contributed by atoms with van der Waals surface area (Å²) >= 11 is 0. The first kappa shape index (κ1) is 25.8. The van der Waals surface area contributed by atoms with Crippen molar-refractivity contribution in [2.75, 3.05) is 26.6 Å². The van der Waals surface area contributed by atoms with Crippen molar-refractivity contribution in [3.05, 3.63) is 77.9 Å². The van der Waals surface area contributed by atoms with E-state index >= 15 is 0 Å². The summed E-state index contributed by atoms with van der Waals surface area (Å²) in [5.41, 5.74) is 3.87. The minimum absolute atomic E-state index is 0.188. The number of anilines is 1. The molecule has 186 valence electrons. The molecule has 3 aromatic carbocycles. The number of carbonyl (C=O) groups is 3. The summed E-state index contributed by atoms with van der Waals surface area (Å²) in [6, 6.07) is 18.0. The van der Waals surface area contributed by atoms with Crippen molar-refractivity contribution in [3.8, 4) is 23.0 Å². The molecule has 3 rings (SSSR count). The van der Waals surface area contributed by atoms with Crippen LogP contribution in [0.4, 0.5) is 5.69 Å². The third-order valence-electron chi connectivity index (χ3n) is 4.99. The Balaban J connectivity index is 1.66. The van der Waals surface area contributed by atoms with E-state index in [1.807, 2.05) is 0 Å². The number of hydrazone groups is 1. The number of nitrogens with zero attached hydrogens (tertiary/aromatic N) is 1. The average molecular weight is 492 g/mol. The Hall–Kier alpha value is -4.86. The van der Waals surface area contributed by atoms with Crippen LogP contribution in [0.2, 0.25) is 0 Å². The molecule has 0 saturated heterocycles. The SMILES string of the molecule is COc1ccc(NC(=O)C(=O)NN=C(C)c2ccc(OC(=O)c3ccccc3OC)c(OC)c2)cc1. The van der Waals surface area contributed by atoms with Gasteiger partial charge in [-0.25, -0.2) is 10.2 Å². The summed E-state index contributed by atoms with van der Waals surface area (Å²) in [7, 11) is 4.42. The zero-order chi connectivity index (χ0) is 26.1. The predicted molar refractivity (Wildman–Crippen MR) is 133 cm³/mol. The molecule has 0 atom stereocenters. The fraction of sp³-hybridized carbons (Fsp3) is 0.154. The van der Waals surface area contributed by atoms with Crippen molar-refractivity contribution in [3.63, 3.8) is 0 Å². The number of methoxy groups -OCH3 is 3. The summed E-state index contributed by atoms with van der Waals surface area (Å²) in [5, 5.41) is 6.45. The first-order valence-corrected chi connectivity index (χ1v) is 10.7. The van der Waals surface area contributed by atoms with Crippen molar-refractivity contribution >= 4 is 29.2 Å². The molecule has 0 aromatic heterocycles. The molecule has 3 aromatic rings. The maximum Gasteiger partial charge on any atom is 0.347 e. The third kappa shape index (κ3) is 6.38. The van der Waals surface area contributed by atoms with Crippen LogP contribution < -0.4 is 29.7 Å². The molecule has 0 heterocycles. The second-order valence-electron chi connectivity index (χ2n) is 7.28. The van der Waals surface area contributed by atoms with Crippen molar-refractivity contribution < 1.29 is 33.3 Å². The van der Waals surface area contributed by atoms with E-state index in [9.17, 15) is 14.4 Å². The Morgan fingerprint density at radius 2 is 1.44 bits per heavy atom. The standard InChI is InChI=1S/C26H25N3O7/c1-16(28-29-25(31)24(30)27-18-10-12-19(33-2)13-11-18)17-9-14-22(23(15-17)35-4)36-26(32)20-7-5-6-8-21(20)34-3/h5-15H,1-4H3,(H,27,30)(H,29,31). The zero-order valence-electron chi connectivity index (χ0n) is 20.2. The molecule has 0 spiro atoms. The lowest BCUT2D eigenvalue weighted by molar-refractivity contribution is -0.136. The molecule has 0 radical (unpaired) electrons. The molecule has 10 nitrogen and oxygen atoms in total. The van der Waals surface area contributed by atoms with E-state index in [-0.39, 0.29) is 17.1 Å². The summed E-state index contributed by atoms with van der Waals surface area (Å²) in [5.74, 6) is -0.977. The molecule has 2 amide bonds. The topological polar surface area (TPSA) is 125 Å². The average Bonchev–Trinajstić information content (AvgIpc) is 2.91. The molecule has 0 aliphatic rings. The van der Waals surface area contributed by atoms with E-state index in [4.69, 9.17) is 18.9 Å². The minimum Gasteiger partial charge on any atom is -0.497 e. The van der Waals surface area contributed by atoms with Gasteiger partial charge in [-0.3, -0.25) is 9.59 Å². The number of hydrogen-bond acceptors (Lipinski definition) is 8. The van der Waals surface area contributed by atoms with Crippen molar-refractivity contribution in [2.24, 2.45) is 5.10 Å². The molecule has 0 fully saturated rings. The quantitative estimate of drug-likeness (QED) is 0.163. The van der Waals surface area contributed by atoms with E-state index < -0.39 is 17.8 Å². The molecule has 10 heteroatoms. The van der Waals surface area contributed by atoms with Gasteiger partial charge in [0, 0.05) is 11.3 Å².